The van der Waals surface area contributed by atoms with Crippen LogP contribution in [0.15, 0.2) is 23.3 Å². The van der Waals surface area contributed by atoms with E-state index in [1.165, 1.54) is 5.71 Å². The Kier molecular flexibility index (Phi) is 2.92. The fourth-order valence-corrected chi connectivity index (χ4v) is 2.91. The number of nitrogens with zero attached hydrogens (tertiary/aromatic N) is 2. The summed E-state index contributed by atoms with van der Waals surface area (Å²) >= 11 is 5.97. The molecule has 2 atom stereocenters. The summed E-state index contributed by atoms with van der Waals surface area (Å²) in [5, 5.41) is 14.3. The van der Waals surface area contributed by atoms with Gasteiger partial charge in [0.05, 0.1) is 11.1 Å². The predicted molar refractivity (Wildman–Crippen MR) is 72.0 cm³/mol. The van der Waals surface area contributed by atoms with Crippen molar-refractivity contribution in [2.45, 2.75) is 12.5 Å². The van der Waals surface area contributed by atoms with E-state index in [0.29, 0.717) is 10.9 Å². The van der Waals surface area contributed by atoms with Crippen molar-refractivity contribution in [3.8, 4) is 5.75 Å². The number of benzene rings is 1. The molecule has 96 valence electrons. The molecule has 1 fully saturated rings. The number of hydrogen-bond donors (Lipinski definition) is 2. The molecule has 0 spiro atoms. The molecule has 2 unspecified atom stereocenters. The molecular weight excluding hydrogens is 250 g/mol. The molecule has 0 saturated carbocycles. The van der Waals surface area contributed by atoms with Crippen LogP contribution >= 0.6 is 11.6 Å². The summed E-state index contributed by atoms with van der Waals surface area (Å²) in [6, 6.07) is 5.54. The molecule has 1 aromatic carbocycles. The molecule has 5 heteroatoms. The summed E-state index contributed by atoms with van der Waals surface area (Å²) in [6.07, 6.45) is 1.02. The molecule has 2 aliphatic rings. The first-order valence-corrected chi connectivity index (χ1v) is 6.52. The lowest BCUT2D eigenvalue weighted by Crippen LogP contribution is -2.39. The van der Waals surface area contributed by atoms with Crippen molar-refractivity contribution in [1.29, 1.82) is 0 Å². The van der Waals surface area contributed by atoms with Gasteiger partial charge < -0.3 is 15.4 Å². The van der Waals surface area contributed by atoms with Crippen LogP contribution in [-0.4, -0.2) is 35.9 Å². The highest BCUT2D eigenvalue weighted by atomic mass is 35.5. The SMILES string of the molecule is CN1CCC2=NNC(c3ccc(O)c(Cl)c3)C2C1. The fourth-order valence-electron chi connectivity index (χ4n) is 2.73. The van der Waals surface area contributed by atoms with Crippen molar-refractivity contribution in [1.82, 2.24) is 10.3 Å². The Labute approximate surface area is 111 Å². The molecule has 2 heterocycles. The number of fused-ring (bicyclic) bond motifs is 1. The van der Waals surface area contributed by atoms with E-state index in [2.05, 4.69) is 22.5 Å². The van der Waals surface area contributed by atoms with Crippen molar-refractivity contribution in [2.75, 3.05) is 20.1 Å². The lowest BCUT2D eigenvalue weighted by molar-refractivity contribution is 0.272. The van der Waals surface area contributed by atoms with Crippen LogP contribution in [0.2, 0.25) is 5.02 Å². The van der Waals surface area contributed by atoms with Gasteiger partial charge in [0.1, 0.15) is 5.75 Å². The van der Waals surface area contributed by atoms with E-state index in [4.69, 9.17) is 11.6 Å². The smallest absolute Gasteiger partial charge is 0.134 e. The van der Waals surface area contributed by atoms with Crippen molar-refractivity contribution in [3.63, 3.8) is 0 Å². The van der Waals surface area contributed by atoms with E-state index < -0.39 is 0 Å². The van der Waals surface area contributed by atoms with E-state index in [1.54, 1.807) is 6.07 Å². The van der Waals surface area contributed by atoms with Gasteiger partial charge >= 0.3 is 0 Å². The zero-order valence-corrected chi connectivity index (χ0v) is 11.0. The third kappa shape index (κ3) is 1.95. The Morgan fingerprint density at radius 1 is 1.50 bits per heavy atom. The number of likely N-dealkylation sites (tertiary alicyclic amines) is 1. The van der Waals surface area contributed by atoms with Crippen molar-refractivity contribution < 1.29 is 5.11 Å². The summed E-state index contributed by atoms with van der Waals surface area (Å²) in [4.78, 5) is 2.33. The van der Waals surface area contributed by atoms with Gasteiger partial charge in [-0.2, -0.15) is 5.10 Å². The van der Waals surface area contributed by atoms with Crippen LogP contribution in [0.25, 0.3) is 0 Å². The molecule has 3 rings (SSSR count). The van der Waals surface area contributed by atoms with E-state index in [9.17, 15) is 5.11 Å². The minimum absolute atomic E-state index is 0.125. The molecular formula is C13H16ClN3O. The van der Waals surface area contributed by atoms with Gasteiger partial charge in [-0.3, -0.25) is 0 Å². The van der Waals surface area contributed by atoms with E-state index in [-0.39, 0.29) is 11.8 Å². The third-order valence-electron chi connectivity index (χ3n) is 3.77. The standard InChI is InChI=1S/C13H16ClN3O/c1-17-5-4-11-9(7-17)13(16-15-11)8-2-3-12(18)10(14)6-8/h2-3,6,9,13,16,18H,4-5,7H2,1H3. The van der Waals surface area contributed by atoms with Crippen LogP contribution in [0.5, 0.6) is 5.75 Å². The van der Waals surface area contributed by atoms with Crippen LogP contribution in [0.3, 0.4) is 0 Å². The first-order chi connectivity index (χ1) is 8.65. The number of hydrazone groups is 1. The second-order valence-electron chi connectivity index (χ2n) is 5.04. The van der Waals surface area contributed by atoms with Crippen LogP contribution < -0.4 is 5.43 Å². The average molecular weight is 266 g/mol. The van der Waals surface area contributed by atoms with Gasteiger partial charge in [0.15, 0.2) is 0 Å². The Bertz CT molecular complexity index is 503. The Morgan fingerprint density at radius 3 is 3.11 bits per heavy atom. The van der Waals surface area contributed by atoms with Gasteiger partial charge in [-0.25, -0.2) is 0 Å². The van der Waals surface area contributed by atoms with Crippen molar-refractivity contribution in [3.05, 3.63) is 28.8 Å². The zero-order valence-electron chi connectivity index (χ0n) is 10.2. The number of piperidine rings is 1. The highest BCUT2D eigenvalue weighted by Crippen LogP contribution is 2.34. The minimum atomic E-state index is 0.125. The molecule has 0 amide bonds. The number of hydrogen-bond acceptors (Lipinski definition) is 4. The van der Waals surface area contributed by atoms with Crippen LogP contribution in [0.1, 0.15) is 18.0 Å². The summed E-state index contributed by atoms with van der Waals surface area (Å²) in [7, 11) is 2.13. The van der Waals surface area contributed by atoms with E-state index >= 15 is 0 Å². The molecule has 18 heavy (non-hydrogen) atoms. The van der Waals surface area contributed by atoms with Gasteiger partial charge in [-0.05, 0) is 24.7 Å². The van der Waals surface area contributed by atoms with Gasteiger partial charge in [0, 0.05) is 31.1 Å². The van der Waals surface area contributed by atoms with E-state index in [1.807, 2.05) is 12.1 Å². The largest absolute Gasteiger partial charge is 0.506 e. The van der Waals surface area contributed by atoms with Crippen LogP contribution in [-0.2, 0) is 0 Å². The molecule has 0 aromatic heterocycles. The summed E-state index contributed by atoms with van der Waals surface area (Å²) in [5.74, 6) is 0.532. The summed E-state index contributed by atoms with van der Waals surface area (Å²) < 4.78 is 0. The molecule has 0 radical (unpaired) electrons. The number of phenols is 1. The van der Waals surface area contributed by atoms with Gasteiger partial charge in [0.25, 0.3) is 0 Å². The molecule has 2 N–H and O–H groups in total. The first-order valence-electron chi connectivity index (χ1n) is 6.14. The Hall–Kier alpha value is -1.26. The monoisotopic (exact) mass is 265 g/mol. The maximum atomic E-state index is 9.47. The number of phenolic OH excluding ortho intramolecular Hbond substituents is 1. The second-order valence-corrected chi connectivity index (χ2v) is 5.45. The van der Waals surface area contributed by atoms with Crippen LogP contribution in [0.4, 0.5) is 0 Å². The first kappa shape index (κ1) is 11.8. The Morgan fingerprint density at radius 2 is 2.33 bits per heavy atom. The maximum absolute atomic E-state index is 9.47. The van der Waals surface area contributed by atoms with Crippen molar-refractivity contribution in [2.24, 2.45) is 11.0 Å². The Balaban J connectivity index is 1.87. The highest BCUT2D eigenvalue weighted by molar-refractivity contribution is 6.32. The number of halogens is 1. The van der Waals surface area contributed by atoms with Crippen LogP contribution in [0, 0.1) is 5.92 Å². The summed E-state index contributed by atoms with van der Waals surface area (Å²) in [5.41, 5.74) is 5.54. The lowest BCUT2D eigenvalue weighted by Gasteiger charge is -2.31. The molecule has 0 aliphatic carbocycles. The highest BCUT2D eigenvalue weighted by Gasteiger charge is 2.36. The molecule has 1 saturated heterocycles. The number of nitrogens with one attached hydrogen (secondary N) is 1. The van der Waals surface area contributed by atoms with Gasteiger partial charge in [0.2, 0.25) is 0 Å². The van der Waals surface area contributed by atoms with Crippen molar-refractivity contribution >= 4 is 17.3 Å². The third-order valence-corrected chi connectivity index (χ3v) is 4.07. The minimum Gasteiger partial charge on any atom is -0.506 e. The second kappa shape index (κ2) is 4.44. The number of aromatic hydroxyl groups is 1. The molecule has 4 nitrogen and oxygen atoms in total. The van der Waals surface area contributed by atoms with Gasteiger partial charge in [-0.1, -0.05) is 17.7 Å². The number of rotatable bonds is 1. The average Bonchev–Trinajstić information content (AvgIpc) is 2.75. The van der Waals surface area contributed by atoms with E-state index in [0.717, 1.165) is 25.1 Å². The predicted octanol–water partition coefficient (Wildman–Crippen LogP) is 2.00. The molecule has 0 bridgehead atoms. The summed E-state index contributed by atoms with van der Waals surface area (Å²) in [6.45, 7) is 2.08. The zero-order chi connectivity index (χ0) is 12.7. The molecule has 2 aliphatic heterocycles. The topological polar surface area (TPSA) is 47.9 Å². The fraction of sp³-hybridized carbons (Fsp3) is 0.462. The quantitative estimate of drug-likeness (QED) is 0.817. The maximum Gasteiger partial charge on any atom is 0.134 e. The van der Waals surface area contributed by atoms with Gasteiger partial charge in [-0.15, -0.1) is 0 Å². The normalized spacial score (nSPS) is 27.6. The lowest BCUT2D eigenvalue weighted by atomic mass is 9.86. The molecule has 1 aromatic rings.